The van der Waals surface area contributed by atoms with E-state index in [-0.39, 0.29) is 5.75 Å². The molecule has 188 valence electrons. The Labute approximate surface area is 211 Å². The largest absolute Gasteiger partial charge is 0.507 e. The van der Waals surface area contributed by atoms with E-state index in [0.29, 0.717) is 36.0 Å². The molecular formula is C26H33BN6O3. The molecular weight excluding hydrogens is 455 g/mol. The lowest BCUT2D eigenvalue weighted by Crippen LogP contribution is -2.61. The molecule has 9 nitrogen and oxygen atoms in total. The molecule has 2 aromatic heterocycles. The molecule has 2 bridgehead atoms. The van der Waals surface area contributed by atoms with Gasteiger partial charge in [-0.05, 0) is 56.6 Å². The average Bonchev–Trinajstić information content (AvgIpc) is 3.18. The summed E-state index contributed by atoms with van der Waals surface area (Å²) in [4.78, 5) is 4.71. The predicted molar refractivity (Wildman–Crippen MR) is 139 cm³/mol. The van der Waals surface area contributed by atoms with Crippen LogP contribution in [0.5, 0.6) is 11.5 Å². The zero-order valence-corrected chi connectivity index (χ0v) is 20.9. The van der Waals surface area contributed by atoms with Gasteiger partial charge in [-0.2, -0.15) is 5.10 Å². The van der Waals surface area contributed by atoms with Crippen LogP contribution in [-0.2, 0) is 7.05 Å². The van der Waals surface area contributed by atoms with Crippen LogP contribution in [0.1, 0.15) is 38.5 Å². The van der Waals surface area contributed by atoms with Gasteiger partial charge in [0.25, 0.3) is 0 Å². The molecule has 5 heterocycles. The smallest absolute Gasteiger partial charge is 0.376 e. The Kier molecular flexibility index (Phi) is 6.09. The first-order valence-electron chi connectivity index (χ1n) is 13.0. The SMILES string of the molecule is CB(O)N1[C@@H]2CCC[C@H]1C[C@H](N1CCCOc3cc(-c4ccc(-c5cnn(C)c5)cc4O)nnc31)C2. The minimum absolute atomic E-state index is 0.148. The van der Waals surface area contributed by atoms with Crippen LogP contribution < -0.4 is 9.64 Å². The van der Waals surface area contributed by atoms with Gasteiger partial charge in [0.05, 0.1) is 12.8 Å². The Morgan fingerprint density at radius 3 is 2.53 bits per heavy atom. The summed E-state index contributed by atoms with van der Waals surface area (Å²) in [6, 6.07) is 8.63. The van der Waals surface area contributed by atoms with Crippen molar-refractivity contribution in [3.8, 4) is 33.9 Å². The molecule has 2 saturated heterocycles. The molecule has 3 aromatic rings. The maximum absolute atomic E-state index is 10.8. The second kappa shape index (κ2) is 9.40. The number of nitrogens with zero attached hydrogens (tertiary/aromatic N) is 6. The number of fused-ring (bicyclic) bond motifs is 3. The normalized spacial score (nSPS) is 24.1. The summed E-state index contributed by atoms with van der Waals surface area (Å²) >= 11 is 0. The first-order chi connectivity index (χ1) is 17.5. The van der Waals surface area contributed by atoms with E-state index in [0.717, 1.165) is 61.3 Å². The minimum atomic E-state index is -0.402. The van der Waals surface area contributed by atoms with Crippen molar-refractivity contribution in [1.29, 1.82) is 0 Å². The van der Waals surface area contributed by atoms with Gasteiger partial charge in [-0.25, -0.2) is 0 Å². The zero-order chi connectivity index (χ0) is 24.8. The first-order valence-corrected chi connectivity index (χ1v) is 13.0. The van der Waals surface area contributed by atoms with Crippen molar-refractivity contribution in [2.75, 3.05) is 18.1 Å². The highest BCUT2D eigenvalue weighted by Gasteiger charge is 2.43. The molecule has 10 heteroatoms. The number of hydrogen-bond donors (Lipinski definition) is 2. The number of anilines is 1. The summed E-state index contributed by atoms with van der Waals surface area (Å²) in [6.45, 7) is 3.40. The molecule has 6 rings (SSSR count). The number of aromatic nitrogens is 4. The van der Waals surface area contributed by atoms with Gasteiger partial charge in [-0.3, -0.25) is 4.68 Å². The zero-order valence-electron chi connectivity index (χ0n) is 20.9. The monoisotopic (exact) mass is 488 g/mol. The van der Waals surface area contributed by atoms with Gasteiger partial charge in [-0.1, -0.05) is 12.5 Å². The highest BCUT2D eigenvalue weighted by atomic mass is 16.5. The molecule has 3 aliphatic heterocycles. The standard InChI is InChI=1S/C26H33BN6O3/c1-27(35)33-19-5-3-6-20(33)13-21(12-19)32-9-4-10-36-25-14-23(29-30-26(25)32)22-8-7-17(11-24(22)34)18-15-28-31(2)16-18/h7-8,11,14-16,19-21,34-35H,3-6,9-10,12-13H2,1-2H3/t19-,20+,21-. The van der Waals surface area contributed by atoms with Crippen molar-refractivity contribution in [3.05, 3.63) is 36.7 Å². The number of benzene rings is 1. The van der Waals surface area contributed by atoms with Gasteiger partial charge >= 0.3 is 7.05 Å². The van der Waals surface area contributed by atoms with Gasteiger partial charge in [-0.15, -0.1) is 10.2 Å². The van der Waals surface area contributed by atoms with Gasteiger partial charge in [0, 0.05) is 55.1 Å². The Balaban J connectivity index is 1.28. The van der Waals surface area contributed by atoms with Crippen molar-refractivity contribution >= 4 is 12.9 Å². The summed E-state index contributed by atoms with van der Waals surface area (Å²) in [5.41, 5.74) is 3.05. The van der Waals surface area contributed by atoms with Crippen LogP contribution >= 0.6 is 0 Å². The molecule has 3 atom stereocenters. The Morgan fingerprint density at radius 2 is 1.83 bits per heavy atom. The van der Waals surface area contributed by atoms with Crippen molar-refractivity contribution < 1.29 is 14.9 Å². The van der Waals surface area contributed by atoms with E-state index in [1.807, 2.05) is 38.3 Å². The quantitative estimate of drug-likeness (QED) is 0.540. The lowest BCUT2D eigenvalue weighted by Gasteiger charge is -2.52. The third-order valence-corrected chi connectivity index (χ3v) is 8.00. The van der Waals surface area contributed by atoms with Crippen molar-refractivity contribution in [1.82, 2.24) is 24.8 Å². The third kappa shape index (κ3) is 4.22. The van der Waals surface area contributed by atoms with Gasteiger partial charge in [0.1, 0.15) is 11.4 Å². The number of aryl methyl sites for hydroxylation is 1. The summed E-state index contributed by atoms with van der Waals surface area (Å²) < 4.78 is 7.87. The van der Waals surface area contributed by atoms with Gasteiger partial charge in [0.15, 0.2) is 11.6 Å². The lowest BCUT2D eigenvalue weighted by molar-refractivity contribution is 0.0895. The van der Waals surface area contributed by atoms with Gasteiger partial charge in [0.2, 0.25) is 0 Å². The predicted octanol–water partition coefficient (Wildman–Crippen LogP) is 3.33. The summed E-state index contributed by atoms with van der Waals surface area (Å²) in [5, 5.41) is 34.6. The highest BCUT2D eigenvalue weighted by molar-refractivity contribution is 6.45. The lowest BCUT2D eigenvalue weighted by atomic mass is 9.70. The number of ether oxygens (including phenoxy) is 1. The van der Waals surface area contributed by atoms with Crippen molar-refractivity contribution in [2.45, 2.75) is 63.5 Å². The fraction of sp³-hybridized carbons (Fsp3) is 0.500. The Bertz CT molecular complexity index is 1240. The number of aromatic hydroxyl groups is 1. The van der Waals surface area contributed by atoms with Crippen molar-refractivity contribution in [3.63, 3.8) is 0 Å². The molecule has 0 spiro atoms. The van der Waals surface area contributed by atoms with Crippen LogP contribution in [-0.4, -0.2) is 73.2 Å². The van der Waals surface area contributed by atoms with Crippen molar-refractivity contribution in [2.24, 2.45) is 7.05 Å². The van der Waals surface area contributed by atoms with Crippen LogP contribution in [0, 0.1) is 0 Å². The minimum Gasteiger partial charge on any atom is -0.507 e. The van der Waals surface area contributed by atoms with E-state index >= 15 is 0 Å². The first kappa shape index (κ1) is 23.3. The van der Waals surface area contributed by atoms with E-state index in [1.165, 1.54) is 6.42 Å². The molecule has 36 heavy (non-hydrogen) atoms. The van der Waals surface area contributed by atoms with E-state index in [1.54, 1.807) is 16.9 Å². The van der Waals surface area contributed by atoms with E-state index in [9.17, 15) is 10.1 Å². The van der Waals surface area contributed by atoms with E-state index in [4.69, 9.17) is 4.74 Å². The molecule has 0 saturated carbocycles. The fourth-order valence-corrected chi connectivity index (χ4v) is 6.43. The molecule has 1 aromatic carbocycles. The molecule has 3 aliphatic rings. The van der Waals surface area contributed by atoms with Crippen LogP contribution in [0.15, 0.2) is 36.7 Å². The third-order valence-electron chi connectivity index (χ3n) is 8.00. The topological polar surface area (TPSA) is 99.8 Å². The number of piperidine rings is 2. The maximum atomic E-state index is 10.8. The Morgan fingerprint density at radius 1 is 1.03 bits per heavy atom. The fourth-order valence-electron chi connectivity index (χ4n) is 6.43. The van der Waals surface area contributed by atoms with Crippen LogP contribution in [0.25, 0.3) is 22.4 Å². The van der Waals surface area contributed by atoms with Gasteiger partial charge < -0.3 is 24.6 Å². The molecule has 0 unspecified atom stereocenters. The molecule has 0 aliphatic carbocycles. The molecule has 0 radical (unpaired) electrons. The number of hydrogen-bond acceptors (Lipinski definition) is 8. The molecule has 0 amide bonds. The molecule has 2 fully saturated rings. The molecule has 2 N–H and O–H groups in total. The summed E-state index contributed by atoms with van der Waals surface area (Å²) in [5.74, 6) is 1.65. The number of phenolic OH excluding ortho intramolecular Hbond substituents is 1. The average molecular weight is 488 g/mol. The second-order valence-electron chi connectivity index (χ2n) is 10.4. The Hall–Kier alpha value is -3.11. The van der Waals surface area contributed by atoms with Crippen LogP contribution in [0.2, 0.25) is 6.82 Å². The summed E-state index contributed by atoms with van der Waals surface area (Å²) in [7, 11) is 1.47. The maximum Gasteiger partial charge on any atom is 0.376 e. The second-order valence-corrected chi connectivity index (χ2v) is 10.4. The summed E-state index contributed by atoms with van der Waals surface area (Å²) in [6.07, 6.45) is 10.1. The van der Waals surface area contributed by atoms with E-state index < -0.39 is 7.05 Å². The highest BCUT2D eigenvalue weighted by Crippen LogP contribution is 2.41. The van der Waals surface area contributed by atoms with Crippen LogP contribution in [0.3, 0.4) is 0 Å². The number of phenols is 1. The van der Waals surface area contributed by atoms with E-state index in [2.05, 4.69) is 25.0 Å². The number of rotatable bonds is 4. The van der Waals surface area contributed by atoms with Crippen LogP contribution in [0.4, 0.5) is 5.82 Å².